The average molecular weight is 293 g/mol. The Hall–Kier alpha value is -1.63. The number of hydrogen-bond acceptors (Lipinski definition) is 6. The topological polar surface area (TPSA) is 60.6 Å². The highest BCUT2D eigenvalue weighted by Gasteiger charge is 2.14. The molecule has 2 aromatic rings. The van der Waals surface area contributed by atoms with Gasteiger partial charge in [-0.2, -0.15) is 0 Å². The standard InChI is InChI=1S/C14H19N3O2S/c1-17(10-4-6-11(19-3)7-5-10)14-16-12(9-18-2)13(8-15)20-14/h4-7H,8-9,15H2,1-3H3. The number of methoxy groups -OCH3 is 2. The van der Waals surface area contributed by atoms with Gasteiger partial charge in [0.05, 0.1) is 19.4 Å². The molecule has 20 heavy (non-hydrogen) atoms. The van der Waals surface area contributed by atoms with Crippen LogP contribution in [0.5, 0.6) is 5.75 Å². The van der Waals surface area contributed by atoms with Crippen LogP contribution in [0.4, 0.5) is 10.8 Å². The van der Waals surface area contributed by atoms with Gasteiger partial charge in [0.2, 0.25) is 0 Å². The average Bonchev–Trinajstić information content (AvgIpc) is 2.90. The van der Waals surface area contributed by atoms with E-state index < -0.39 is 0 Å². The lowest BCUT2D eigenvalue weighted by Gasteiger charge is -2.16. The minimum absolute atomic E-state index is 0.479. The number of benzene rings is 1. The Balaban J connectivity index is 2.25. The fourth-order valence-corrected chi connectivity index (χ4v) is 2.76. The molecule has 108 valence electrons. The van der Waals surface area contributed by atoms with E-state index >= 15 is 0 Å². The molecule has 6 heteroatoms. The van der Waals surface area contributed by atoms with Gasteiger partial charge in [0, 0.05) is 31.3 Å². The molecule has 1 aromatic heterocycles. The minimum Gasteiger partial charge on any atom is -0.497 e. The van der Waals surface area contributed by atoms with Crippen molar-refractivity contribution in [1.82, 2.24) is 4.98 Å². The molecule has 0 fully saturated rings. The monoisotopic (exact) mass is 293 g/mol. The molecule has 2 rings (SSSR count). The molecule has 2 N–H and O–H groups in total. The van der Waals surface area contributed by atoms with Crippen molar-refractivity contribution in [3.63, 3.8) is 0 Å². The minimum atomic E-state index is 0.479. The van der Waals surface area contributed by atoms with Crippen LogP contribution >= 0.6 is 11.3 Å². The second-order valence-corrected chi connectivity index (χ2v) is 5.32. The summed E-state index contributed by atoms with van der Waals surface area (Å²) in [5.74, 6) is 0.837. The zero-order chi connectivity index (χ0) is 14.5. The molecule has 0 aliphatic carbocycles. The van der Waals surface area contributed by atoms with E-state index in [1.54, 1.807) is 25.6 Å². The largest absolute Gasteiger partial charge is 0.497 e. The summed E-state index contributed by atoms with van der Waals surface area (Å²) in [7, 11) is 5.30. The number of thiazole rings is 1. The molecule has 0 aliphatic heterocycles. The van der Waals surface area contributed by atoms with Crippen molar-refractivity contribution in [2.45, 2.75) is 13.2 Å². The summed E-state index contributed by atoms with van der Waals surface area (Å²) >= 11 is 1.59. The molecule has 0 spiro atoms. The predicted octanol–water partition coefficient (Wildman–Crippen LogP) is 2.52. The molecular formula is C14H19N3O2S. The summed E-state index contributed by atoms with van der Waals surface area (Å²) in [6.45, 7) is 0.965. The number of nitrogens with two attached hydrogens (primary N) is 1. The van der Waals surface area contributed by atoms with Gasteiger partial charge in [-0.15, -0.1) is 0 Å². The molecule has 0 bridgehead atoms. The fourth-order valence-electron chi connectivity index (χ4n) is 1.84. The molecular weight excluding hydrogens is 274 g/mol. The summed E-state index contributed by atoms with van der Waals surface area (Å²) in [6.07, 6.45) is 0. The van der Waals surface area contributed by atoms with E-state index in [9.17, 15) is 0 Å². The number of nitrogens with zero attached hydrogens (tertiary/aromatic N) is 2. The van der Waals surface area contributed by atoms with E-state index in [1.807, 2.05) is 36.2 Å². The summed E-state index contributed by atoms with van der Waals surface area (Å²) < 4.78 is 10.3. The second-order valence-electron chi connectivity index (χ2n) is 4.26. The normalized spacial score (nSPS) is 10.6. The molecule has 0 saturated heterocycles. The van der Waals surface area contributed by atoms with Crippen LogP contribution < -0.4 is 15.4 Å². The lowest BCUT2D eigenvalue weighted by atomic mass is 10.3. The summed E-state index contributed by atoms with van der Waals surface area (Å²) in [4.78, 5) is 7.69. The summed E-state index contributed by atoms with van der Waals surface area (Å²) in [5.41, 5.74) is 7.71. The Bertz CT molecular complexity index is 554. The van der Waals surface area contributed by atoms with E-state index in [1.165, 1.54) is 0 Å². The van der Waals surface area contributed by atoms with E-state index in [0.717, 1.165) is 27.1 Å². The molecule has 0 radical (unpaired) electrons. The van der Waals surface area contributed by atoms with E-state index in [0.29, 0.717) is 13.2 Å². The molecule has 0 unspecified atom stereocenters. The van der Waals surface area contributed by atoms with Gasteiger partial charge in [0.1, 0.15) is 5.75 Å². The number of ether oxygens (including phenoxy) is 2. The van der Waals surface area contributed by atoms with Crippen LogP contribution in [0.3, 0.4) is 0 Å². The van der Waals surface area contributed by atoms with Gasteiger partial charge in [-0.1, -0.05) is 11.3 Å². The maximum atomic E-state index is 5.75. The van der Waals surface area contributed by atoms with Crippen LogP contribution in [0.1, 0.15) is 10.6 Å². The Labute approximate surface area is 123 Å². The summed E-state index contributed by atoms with van der Waals surface area (Å²) in [5, 5.41) is 0.905. The van der Waals surface area contributed by atoms with Crippen molar-refractivity contribution in [3.05, 3.63) is 34.8 Å². The highest BCUT2D eigenvalue weighted by atomic mass is 32.1. The second kappa shape index (κ2) is 6.69. The first-order chi connectivity index (χ1) is 9.69. The van der Waals surface area contributed by atoms with Crippen LogP contribution in [0.25, 0.3) is 0 Å². The molecule has 0 aliphatic rings. The zero-order valence-corrected chi connectivity index (χ0v) is 12.7. The van der Waals surface area contributed by atoms with Crippen molar-refractivity contribution in [3.8, 4) is 5.75 Å². The zero-order valence-electron chi connectivity index (χ0n) is 11.9. The van der Waals surface area contributed by atoms with Gasteiger partial charge < -0.3 is 20.1 Å². The third-order valence-electron chi connectivity index (χ3n) is 2.98. The van der Waals surface area contributed by atoms with Crippen LogP contribution in [-0.4, -0.2) is 26.3 Å². The summed E-state index contributed by atoms with van der Waals surface area (Å²) in [6, 6.07) is 7.86. The third-order valence-corrected chi connectivity index (χ3v) is 4.18. The molecule has 0 atom stereocenters. The first-order valence-electron chi connectivity index (χ1n) is 6.25. The smallest absolute Gasteiger partial charge is 0.190 e. The number of rotatable bonds is 6. The van der Waals surface area contributed by atoms with Crippen LogP contribution in [0, 0.1) is 0 Å². The first kappa shape index (κ1) is 14.8. The number of hydrogen-bond donors (Lipinski definition) is 1. The fraction of sp³-hybridized carbons (Fsp3) is 0.357. The van der Waals surface area contributed by atoms with Crippen LogP contribution in [0.15, 0.2) is 24.3 Å². The highest BCUT2D eigenvalue weighted by molar-refractivity contribution is 7.15. The maximum absolute atomic E-state index is 5.75. The van der Waals surface area contributed by atoms with E-state index in [2.05, 4.69) is 4.98 Å². The lowest BCUT2D eigenvalue weighted by molar-refractivity contribution is 0.181. The first-order valence-corrected chi connectivity index (χ1v) is 7.06. The van der Waals surface area contributed by atoms with Gasteiger partial charge in [-0.05, 0) is 24.3 Å². The third kappa shape index (κ3) is 3.09. The van der Waals surface area contributed by atoms with E-state index in [4.69, 9.17) is 15.2 Å². The molecule has 0 amide bonds. The molecule has 1 aromatic carbocycles. The van der Waals surface area contributed by atoms with Crippen molar-refractivity contribution < 1.29 is 9.47 Å². The number of anilines is 2. The van der Waals surface area contributed by atoms with Crippen LogP contribution in [-0.2, 0) is 17.9 Å². The lowest BCUT2D eigenvalue weighted by Crippen LogP contribution is -2.09. The van der Waals surface area contributed by atoms with E-state index in [-0.39, 0.29) is 0 Å². The van der Waals surface area contributed by atoms with Crippen LogP contribution in [0.2, 0.25) is 0 Å². The Morgan fingerprint density at radius 3 is 2.50 bits per heavy atom. The van der Waals surface area contributed by atoms with Gasteiger partial charge in [0.15, 0.2) is 5.13 Å². The van der Waals surface area contributed by atoms with Gasteiger partial charge in [0.25, 0.3) is 0 Å². The molecule has 0 saturated carbocycles. The molecule has 1 heterocycles. The van der Waals surface area contributed by atoms with Crippen molar-refractivity contribution in [1.29, 1.82) is 0 Å². The number of aromatic nitrogens is 1. The van der Waals surface area contributed by atoms with Crippen molar-refractivity contribution in [2.24, 2.45) is 5.73 Å². The van der Waals surface area contributed by atoms with Crippen molar-refractivity contribution in [2.75, 3.05) is 26.2 Å². The molecule has 5 nitrogen and oxygen atoms in total. The SMILES string of the molecule is COCc1nc(N(C)c2ccc(OC)cc2)sc1CN. The van der Waals surface area contributed by atoms with Gasteiger partial charge in [-0.3, -0.25) is 0 Å². The quantitative estimate of drug-likeness (QED) is 0.887. The Morgan fingerprint density at radius 1 is 1.25 bits per heavy atom. The maximum Gasteiger partial charge on any atom is 0.190 e. The van der Waals surface area contributed by atoms with Gasteiger partial charge >= 0.3 is 0 Å². The highest BCUT2D eigenvalue weighted by Crippen LogP contribution is 2.31. The van der Waals surface area contributed by atoms with Gasteiger partial charge in [-0.25, -0.2) is 4.98 Å². The van der Waals surface area contributed by atoms with Crippen molar-refractivity contribution >= 4 is 22.2 Å². The predicted molar refractivity (Wildman–Crippen MR) is 81.8 cm³/mol. The Morgan fingerprint density at radius 2 is 1.95 bits per heavy atom. The Kier molecular flexibility index (Phi) is 4.94.